The molecule has 0 rings (SSSR count). The fraction of sp³-hybridized carbons (Fsp3) is 0.333. The van der Waals surface area contributed by atoms with Crippen LogP contribution in [0.2, 0.25) is 0 Å². The lowest BCUT2D eigenvalue weighted by molar-refractivity contribution is -0.0815. The second-order valence-corrected chi connectivity index (χ2v) is 1.47. The van der Waals surface area contributed by atoms with Gasteiger partial charge in [0, 0.05) is 0 Å². The Morgan fingerprint density at radius 3 is 2.40 bits per heavy atom. The van der Waals surface area contributed by atoms with E-state index in [9.17, 15) is 13.2 Å². The zero-order valence-electron chi connectivity index (χ0n) is 5.19. The van der Waals surface area contributed by atoms with Crippen molar-refractivity contribution in [2.45, 2.75) is 6.18 Å². The van der Waals surface area contributed by atoms with Crippen molar-refractivity contribution < 1.29 is 17.9 Å². The van der Waals surface area contributed by atoms with Crippen LogP contribution >= 0.6 is 0 Å². The van der Waals surface area contributed by atoms with E-state index in [-0.39, 0.29) is 12.7 Å². The predicted octanol–water partition coefficient (Wildman–Crippen LogP) is 2.27. The standard InChI is InChI=1S/C6H7F3O/c1-2-4-10-5-3-6(7,8)9/h2-3,5H,1,4H2/b5-3+. The molecule has 0 unspecified atom stereocenters. The average molecular weight is 152 g/mol. The minimum Gasteiger partial charge on any atom is -0.497 e. The molecule has 10 heavy (non-hydrogen) atoms. The van der Waals surface area contributed by atoms with E-state index in [1.54, 1.807) is 0 Å². The van der Waals surface area contributed by atoms with Gasteiger partial charge in [-0.1, -0.05) is 12.7 Å². The number of halogens is 3. The maximum absolute atomic E-state index is 11.3. The molecule has 58 valence electrons. The summed E-state index contributed by atoms with van der Waals surface area (Å²) in [5, 5.41) is 0. The first kappa shape index (κ1) is 9.07. The zero-order valence-corrected chi connectivity index (χ0v) is 5.19. The van der Waals surface area contributed by atoms with Crippen LogP contribution in [-0.4, -0.2) is 12.8 Å². The van der Waals surface area contributed by atoms with Crippen LogP contribution in [0.3, 0.4) is 0 Å². The summed E-state index contributed by atoms with van der Waals surface area (Å²) in [4.78, 5) is 0. The third-order valence-corrected chi connectivity index (χ3v) is 0.567. The Balaban J connectivity index is 3.46. The number of rotatable bonds is 3. The van der Waals surface area contributed by atoms with Gasteiger partial charge in [-0.25, -0.2) is 0 Å². The molecule has 0 aromatic heterocycles. The van der Waals surface area contributed by atoms with Crippen molar-refractivity contribution in [3.63, 3.8) is 0 Å². The van der Waals surface area contributed by atoms with Crippen LogP contribution in [0.1, 0.15) is 0 Å². The van der Waals surface area contributed by atoms with Crippen LogP contribution < -0.4 is 0 Å². The number of alkyl halides is 3. The average Bonchev–Trinajstić information content (AvgIpc) is 1.78. The van der Waals surface area contributed by atoms with Crippen molar-refractivity contribution in [3.8, 4) is 0 Å². The molecule has 0 aliphatic rings. The highest BCUT2D eigenvalue weighted by Gasteiger charge is 2.21. The van der Waals surface area contributed by atoms with Crippen LogP contribution in [0, 0.1) is 0 Å². The summed E-state index contributed by atoms with van der Waals surface area (Å²) in [6.45, 7) is 3.34. The van der Waals surface area contributed by atoms with Gasteiger partial charge in [0.1, 0.15) is 6.61 Å². The summed E-state index contributed by atoms with van der Waals surface area (Å²) in [6, 6.07) is 0. The van der Waals surface area contributed by atoms with Gasteiger partial charge in [0.2, 0.25) is 0 Å². The van der Waals surface area contributed by atoms with E-state index in [4.69, 9.17) is 0 Å². The van der Waals surface area contributed by atoms with Crippen LogP contribution in [0.15, 0.2) is 25.0 Å². The van der Waals surface area contributed by atoms with Gasteiger partial charge in [0.25, 0.3) is 0 Å². The molecular weight excluding hydrogens is 145 g/mol. The smallest absolute Gasteiger partial charge is 0.412 e. The van der Waals surface area contributed by atoms with E-state index >= 15 is 0 Å². The maximum Gasteiger partial charge on any atom is 0.412 e. The molecule has 0 amide bonds. The zero-order chi connectivity index (χ0) is 8.04. The van der Waals surface area contributed by atoms with Crippen molar-refractivity contribution in [2.24, 2.45) is 0 Å². The fourth-order valence-corrected chi connectivity index (χ4v) is 0.249. The number of hydrogen-bond acceptors (Lipinski definition) is 1. The van der Waals surface area contributed by atoms with Gasteiger partial charge in [0.05, 0.1) is 12.3 Å². The summed E-state index contributed by atoms with van der Waals surface area (Å²) in [5.41, 5.74) is 0. The van der Waals surface area contributed by atoms with Gasteiger partial charge in [0.15, 0.2) is 0 Å². The second-order valence-electron chi connectivity index (χ2n) is 1.47. The fourth-order valence-electron chi connectivity index (χ4n) is 0.249. The minimum atomic E-state index is -4.29. The molecule has 0 N–H and O–H groups in total. The molecule has 0 aromatic rings. The van der Waals surface area contributed by atoms with Crippen molar-refractivity contribution in [2.75, 3.05) is 6.61 Å². The normalized spacial score (nSPS) is 11.9. The highest BCUT2D eigenvalue weighted by atomic mass is 19.4. The van der Waals surface area contributed by atoms with E-state index in [1.165, 1.54) is 6.08 Å². The van der Waals surface area contributed by atoms with E-state index in [1.807, 2.05) is 0 Å². The lowest BCUT2D eigenvalue weighted by Gasteiger charge is -1.97. The number of hydrogen-bond donors (Lipinski definition) is 0. The molecule has 1 nitrogen and oxygen atoms in total. The third-order valence-electron chi connectivity index (χ3n) is 0.567. The lowest BCUT2D eigenvalue weighted by Crippen LogP contribution is -2.00. The third kappa shape index (κ3) is 7.07. The summed E-state index contributed by atoms with van der Waals surface area (Å²) >= 11 is 0. The Morgan fingerprint density at radius 1 is 1.40 bits per heavy atom. The molecule has 4 heteroatoms. The minimum absolute atomic E-state index is 0.0243. The quantitative estimate of drug-likeness (QED) is 0.342. The first-order chi connectivity index (χ1) is 4.56. The van der Waals surface area contributed by atoms with E-state index in [0.717, 1.165) is 0 Å². The molecule has 0 radical (unpaired) electrons. The largest absolute Gasteiger partial charge is 0.497 e. The molecule has 0 bridgehead atoms. The molecule has 0 spiro atoms. The monoisotopic (exact) mass is 152 g/mol. The summed E-state index contributed by atoms with van der Waals surface area (Å²) in [6.07, 6.45) is -2.31. The molecular formula is C6H7F3O. The van der Waals surface area contributed by atoms with Gasteiger partial charge < -0.3 is 4.74 Å². The Morgan fingerprint density at radius 2 is 2.00 bits per heavy atom. The molecule has 0 aliphatic heterocycles. The highest BCUT2D eigenvalue weighted by molar-refractivity contribution is 4.83. The second kappa shape index (κ2) is 3.98. The van der Waals surface area contributed by atoms with Gasteiger partial charge in [-0.2, -0.15) is 13.2 Å². The van der Waals surface area contributed by atoms with Crippen molar-refractivity contribution in [1.29, 1.82) is 0 Å². The van der Waals surface area contributed by atoms with Crippen LogP contribution in [0.5, 0.6) is 0 Å². The number of ether oxygens (including phenoxy) is 1. The molecule has 0 heterocycles. The van der Waals surface area contributed by atoms with Crippen molar-refractivity contribution in [3.05, 3.63) is 25.0 Å². The highest BCUT2D eigenvalue weighted by Crippen LogP contribution is 2.15. The Bertz CT molecular complexity index is 125. The molecule has 0 fully saturated rings. The lowest BCUT2D eigenvalue weighted by atomic mass is 10.6. The molecule has 0 saturated heterocycles. The van der Waals surface area contributed by atoms with Gasteiger partial charge >= 0.3 is 6.18 Å². The first-order valence-corrected chi connectivity index (χ1v) is 2.53. The van der Waals surface area contributed by atoms with E-state index in [0.29, 0.717) is 6.26 Å². The molecule has 0 aliphatic carbocycles. The van der Waals surface area contributed by atoms with Crippen molar-refractivity contribution in [1.82, 2.24) is 0 Å². The van der Waals surface area contributed by atoms with Crippen molar-refractivity contribution >= 4 is 0 Å². The summed E-state index contributed by atoms with van der Waals surface area (Å²) in [7, 11) is 0. The molecule has 0 atom stereocenters. The van der Waals surface area contributed by atoms with E-state index in [2.05, 4.69) is 11.3 Å². The Kier molecular flexibility index (Phi) is 3.61. The Hall–Kier alpha value is -0.930. The maximum atomic E-state index is 11.3. The van der Waals surface area contributed by atoms with Gasteiger partial charge in [-0.15, -0.1) is 0 Å². The van der Waals surface area contributed by atoms with Gasteiger partial charge in [-0.3, -0.25) is 0 Å². The Labute approximate surface area is 56.8 Å². The molecule has 0 saturated carbocycles. The first-order valence-electron chi connectivity index (χ1n) is 2.53. The SMILES string of the molecule is C=CCO/C=C/C(F)(F)F. The molecule has 0 aromatic carbocycles. The number of allylic oxidation sites excluding steroid dienone is 1. The predicted molar refractivity (Wildman–Crippen MR) is 31.3 cm³/mol. The van der Waals surface area contributed by atoms with Crippen LogP contribution in [0.25, 0.3) is 0 Å². The van der Waals surface area contributed by atoms with Crippen LogP contribution in [-0.2, 0) is 4.74 Å². The van der Waals surface area contributed by atoms with E-state index < -0.39 is 6.18 Å². The summed E-state index contributed by atoms with van der Waals surface area (Å²) in [5.74, 6) is 0. The summed E-state index contributed by atoms with van der Waals surface area (Å²) < 4.78 is 38.2. The van der Waals surface area contributed by atoms with Gasteiger partial charge in [-0.05, 0) is 0 Å². The van der Waals surface area contributed by atoms with Crippen LogP contribution in [0.4, 0.5) is 13.2 Å². The topological polar surface area (TPSA) is 9.23 Å².